The van der Waals surface area contributed by atoms with Gasteiger partial charge in [0, 0.05) is 19.6 Å². The van der Waals surface area contributed by atoms with Crippen LogP contribution in [0.15, 0.2) is 0 Å². The number of ether oxygens (including phenoxy) is 1. The van der Waals surface area contributed by atoms with Crippen molar-refractivity contribution < 1.29 is 24.2 Å². The number of rotatable bonds is 6. The Hall–Kier alpha value is -1.79. The van der Waals surface area contributed by atoms with E-state index in [4.69, 9.17) is 9.84 Å². The molecule has 0 saturated carbocycles. The van der Waals surface area contributed by atoms with Gasteiger partial charge in [0.05, 0.1) is 12.5 Å². The van der Waals surface area contributed by atoms with Gasteiger partial charge < -0.3 is 19.6 Å². The molecule has 2 amide bonds. The SMILES string of the molecule is CCOC(=O)C1CCCN1C(=O)N(CC)CC(C)C(=O)O. The average molecular weight is 300 g/mol. The molecule has 21 heavy (non-hydrogen) atoms. The van der Waals surface area contributed by atoms with E-state index in [9.17, 15) is 14.4 Å². The van der Waals surface area contributed by atoms with Crippen molar-refractivity contribution in [3.8, 4) is 0 Å². The zero-order valence-corrected chi connectivity index (χ0v) is 12.9. The molecule has 1 rings (SSSR count). The topological polar surface area (TPSA) is 87.2 Å². The number of hydrogen-bond acceptors (Lipinski definition) is 4. The second kappa shape index (κ2) is 7.85. The number of urea groups is 1. The number of hydrogen-bond donors (Lipinski definition) is 1. The fourth-order valence-corrected chi connectivity index (χ4v) is 2.41. The average Bonchev–Trinajstić information content (AvgIpc) is 2.93. The minimum Gasteiger partial charge on any atom is -0.481 e. The summed E-state index contributed by atoms with van der Waals surface area (Å²) in [6.45, 7) is 6.41. The lowest BCUT2D eigenvalue weighted by molar-refractivity contribution is -0.148. The first-order valence-electron chi connectivity index (χ1n) is 7.37. The van der Waals surface area contributed by atoms with Crippen LogP contribution in [0.3, 0.4) is 0 Å². The Morgan fingerprint density at radius 1 is 1.38 bits per heavy atom. The standard InChI is InChI=1S/C14H24N2O5/c1-4-15(9-10(3)12(17)18)14(20)16-8-6-7-11(16)13(19)21-5-2/h10-11H,4-9H2,1-3H3,(H,17,18). The molecule has 0 aromatic rings. The molecule has 0 aromatic heterocycles. The summed E-state index contributed by atoms with van der Waals surface area (Å²) in [5, 5.41) is 8.96. The number of amides is 2. The zero-order valence-electron chi connectivity index (χ0n) is 12.9. The summed E-state index contributed by atoms with van der Waals surface area (Å²) in [6, 6.07) is -0.840. The molecule has 1 fully saturated rings. The third-order valence-corrected chi connectivity index (χ3v) is 3.63. The van der Waals surface area contributed by atoms with E-state index >= 15 is 0 Å². The number of carbonyl (C=O) groups excluding carboxylic acids is 2. The summed E-state index contributed by atoms with van der Waals surface area (Å²) in [6.07, 6.45) is 1.35. The van der Waals surface area contributed by atoms with E-state index in [2.05, 4.69) is 0 Å². The largest absolute Gasteiger partial charge is 0.481 e. The van der Waals surface area contributed by atoms with Crippen LogP contribution in [-0.2, 0) is 14.3 Å². The number of nitrogens with zero attached hydrogens (tertiary/aromatic N) is 2. The number of carboxylic acid groups (broad SMARTS) is 1. The molecule has 0 radical (unpaired) electrons. The number of carboxylic acids is 1. The molecule has 120 valence electrons. The fourth-order valence-electron chi connectivity index (χ4n) is 2.41. The van der Waals surface area contributed by atoms with Crippen molar-refractivity contribution in [1.29, 1.82) is 0 Å². The van der Waals surface area contributed by atoms with Crippen LogP contribution in [0.1, 0.15) is 33.6 Å². The van der Waals surface area contributed by atoms with Crippen molar-refractivity contribution in [3.63, 3.8) is 0 Å². The number of esters is 1. The second-order valence-corrected chi connectivity index (χ2v) is 5.16. The summed E-state index contributed by atoms with van der Waals surface area (Å²) >= 11 is 0. The molecule has 1 aliphatic rings. The maximum Gasteiger partial charge on any atom is 0.328 e. The smallest absolute Gasteiger partial charge is 0.328 e. The minimum absolute atomic E-state index is 0.136. The molecule has 1 N–H and O–H groups in total. The fraction of sp³-hybridized carbons (Fsp3) is 0.786. The highest BCUT2D eigenvalue weighted by molar-refractivity contribution is 5.84. The first-order chi connectivity index (χ1) is 9.92. The van der Waals surface area contributed by atoms with Crippen molar-refractivity contribution in [3.05, 3.63) is 0 Å². The zero-order chi connectivity index (χ0) is 16.0. The Morgan fingerprint density at radius 2 is 2.05 bits per heavy atom. The molecule has 7 nitrogen and oxygen atoms in total. The molecular formula is C14H24N2O5. The Balaban J connectivity index is 2.74. The van der Waals surface area contributed by atoms with Crippen LogP contribution < -0.4 is 0 Å². The number of aliphatic carboxylic acids is 1. The summed E-state index contributed by atoms with van der Waals surface area (Å²) in [7, 11) is 0. The first-order valence-corrected chi connectivity index (χ1v) is 7.37. The van der Waals surface area contributed by atoms with Gasteiger partial charge in [-0.05, 0) is 26.7 Å². The molecule has 7 heteroatoms. The summed E-state index contributed by atoms with van der Waals surface area (Å²) in [5.74, 6) is -1.96. The van der Waals surface area contributed by atoms with Gasteiger partial charge in [-0.3, -0.25) is 4.79 Å². The molecule has 2 atom stereocenters. The molecule has 1 saturated heterocycles. The third kappa shape index (κ3) is 4.34. The maximum absolute atomic E-state index is 12.5. The van der Waals surface area contributed by atoms with E-state index in [1.165, 1.54) is 9.80 Å². The van der Waals surface area contributed by atoms with Gasteiger partial charge in [0.25, 0.3) is 0 Å². The normalized spacial score (nSPS) is 19.2. The van der Waals surface area contributed by atoms with Gasteiger partial charge in [-0.1, -0.05) is 6.92 Å². The summed E-state index contributed by atoms with van der Waals surface area (Å²) < 4.78 is 4.99. The molecule has 2 unspecified atom stereocenters. The van der Waals surface area contributed by atoms with Gasteiger partial charge in [-0.15, -0.1) is 0 Å². The maximum atomic E-state index is 12.5. The van der Waals surface area contributed by atoms with Gasteiger partial charge in [0.15, 0.2) is 0 Å². The highest BCUT2D eigenvalue weighted by atomic mass is 16.5. The second-order valence-electron chi connectivity index (χ2n) is 5.16. The minimum atomic E-state index is -0.940. The quantitative estimate of drug-likeness (QED) is 0.744. The number of carbonyl (C=O) groups is 3. The first kappa shape index (κ1) is 17.3. The predicted molar refractivity (Wildman–Crippen MR) is 75.8 cm³/mol. The van der Waals surface area contributed by atoms with Gasteiger partial charge in [0.1, 0.15) is 6.04 Å². The molecule has 1 aliphatic heterocycles. The monoisotopic (exact) mass is 300 g/mol. The molecule has 0 aromatic carbocycles. The van der Waals surface area contributed by atoms with Crippen molar-refractivity contribution in [2.24, 2.45) is 5.92 Å². The molecular weight excluding hydrogens is 276 g/mol. The Morgan fingerprint density at radius 3 is 2.57 bits per heavy atom. The van der Waals surface area contributed by atoms with Crippen LogP contribution in [0.5, 0.6) is 0 Å². The summed E-state index contributed by atoms with van der Waals surface area (Å²) in [4.78, 5) is 38.3. The van der Waals surface area contributed by atoms with Crippen molar-refractivity contribution in [2.75, 3.05) is 26.2 Å². The predicted octanol–water partition coefficient (Wildman–Crippen LogP) is 1.18. The third-order valence-electron chi connectivity index (χ3n) is 3.63. The van der Waals surface area contributed by atoms with Crippen molar-refractivity contribution >= 4 is 18.0 Å². The van der Waals surface area contributed by atoms with Crippen molar-refractivity contribution in [2.45, 2.75) is 39.7 Å². The molecule has 0 aliphatic carbocycles. The van der Waals surface area contributed by atoms with Gasteiger partial charge in [-0.25, -0.2) is 9.59 Å². The van der Waals surface area contributed by atoms with Gasteiger partial charge in [0.2, 0.25) is 0 Å². The van der Waals surface area contributed by atoms with Crippen molar-refractivity contribution in [1.82, 2.24) is 9.80 Å². The van der Waals surface area contributed by atoms with Gasteiger partial charge in [-0.2, -0.15) is 0 Å². The van der Waals surface area contributed by atoms with E-state index in [1.54, 1.807) is 20.8 Å². The van der Waals surface area contributed by atoms with Crippen LogP contribution in [-0.4, -0.2) is 65.2 Å². The van der Waals surface area contributed by atoms with E-state index < -0.39 is 17.9 Å². The van der Waals surface area contributed by atoms with Crippen LogP contribution in [0.2, 0.25) is 0 Å². The summed E-state index contributed by atoms with van der Waals surface area (Å²) in [5.41, 5.74) is 0. The highest BCUT2D eigenvalue weighted by Gasteiger charge is 2.37. The Bertz CT molecular complexity index is 399. The van der Waals surface area contributed by atoms with Crippen LogP contribution >= 0.6 is 0 Å². The highest BCUT2D eigenvalue weighted by Crippen LogP contribution is 2.20. The lowest BCUT2D eigenvalue weighted by Gasteiger charge is -2.31. The van der Waals surface area contributed by atoms with E-state index in [0.29, 0.717) is 19.5 Å². The van der Waals surface area contributed by atoms with E-state index in [0.717, 1.165) is 6.42 Å². The lowest BCUT2D eigenvalue weighted by atomic mass is 10.1. The van der Waals surface area contributed by atoms with E-state index in [-0.39, 0.29) is 25.2 Å². The van der Waals surface area contributed by atoms with Gasteiger partial charge >= 0.3 is 18.0 Å². The van der Waals surface area contributed by atoms with Crippen LogP contribution in [0, 0.1) is 5.92 Å². The Labute approximate surface area is 124 Å². The molecule has 0 bridgehead atoms. The van der Waals surface area contributed by atoms with E-state index in [1.807, 2.05) is 0 Å². The molecule has 0 spiro atoms. The van der Waals surface area contributed by atoms with Crippen LogP contribution in [0.25, 0.3) is 0 Å². The lowest BCUT2D eigenvalue weighted by Crippen LogP contribution is -2.49. The van der Waals surface area contributed by atoms with Crippen LogP contribution in [0.4, 0.5) is 4.79 Å². The molecule has 1 heterocycles. The number of likely N-dealkylation sites (tertiary alicyclic amines) is 1. The Kier molecular flexibility index (Phi) is 6.45.